The first-order valence-electron chi connectivity index (χ1n) is 6.29. The average molecular weight is 219 g/mol. The summed E-state index contributed by atoms with van der Waals surface area (Å²) in [6, 6.07) is 0. The Kier molecular flexibility index (Phi) is 9.61. The lowest BCUT2D eigenvalue weighted by Crippen LogP contribution is -2.14. The topological polar surface area (TPSA) is 12.0 Å². The Balaban J connectivity index is 4.70. The first kappa shape index (κ1) is 14.8. The van der Waals surface area contributed by atoms with E-state index < -0.39 is 0 Å². The van der Waals surface area contributed by atoms with Gasteiger partial charge in [-0.05, 0) is 38.7 Å². The van der Waals surface area contributed by atoms with Crippen molar-refractivity contribution in [1.29, 1.82) is 0 Å². The second-order valence-electron chi connectivity index (χ2n) is 3.84. The Hall–Kier alpha value is -1.16. The van der Waals surface area contributed by atoms with Crippen molar-refractivity contribution >= 4 is 0 Å². The van der Waals surface area contributed by atoms with Gasteiger partial charge < -0.3 is 5.32 Å². The fourth-order valence-corrected chi connectivity index (χ4v) is 1.71. The molecule has 0 aromatic carbocycles. The molecular weight excluding hydrogens is 194 g/mol. The molecule has 0 fully saturated rings. The van der Waals surface area contributed by atoms with Crippen molar-refractivity contribution in [2.45, 2.75) is 52.9 Å². The molecule has 16 heavy (non-hydrogen) atoms. The van der Waals surface area contributed by atoms with E-state index in [1.807, 2.05) is 0 Å². The van der Waals surface area contributed by atoms with Crippen LogP contribution in [0.25, 0.3) is 0 Å². The Morgan fingerprint density at radius 2 is 2.06 bits per heavy atom. The van der Waals surface area contributed by atoms with Crippen LogP contribution in [0.2, 0.25) is 0 Å². The van der Waals surface area contributed by atoms with E-state index in [0.29, 0.717) is 0 Å². The predicted molar refractivity (Wildman–Crippen MR) is 73.1 cm³/mol. The average Bonchev–Trinajstić information content (AvgIpc) is 2.29. The van der Waals surface area contributed by atoms with Gasteiger partial charge in [-0.2, -0.15) is 0 Å². The monoisotopic (exact) mass is 219 g/mol. The van der Waals surface area contributed by atoms with Crippen LogP contribution < -0.4 is 5.32 Å². The summed E-state index contributed by atoms with van der Waals surface area (Å²) in [6.07, 6.45) is 14.8. The van der Waals surface area contributed by atoms with Gasteiger partial charge >= 0.3 is 0 Å². The third kappa shape index (κ3) is 6.35. The first-order valence-corrected chi connectivity index (χ1v) is 6.29. The van der Waals surface area contributed by atoms with E-state index in [2.05, 4.69) is 44.2 Å². The molecule has 1 heteroatoms. The smallest absolute Gasteiger partial charge is 0.0124 e. The molecule has 0 aromatic heterocycles. The molecule has 0 heterocycles. The zero-order chi connectivity index (χ0) is 12.2. The van der Waals surface area contributed by atoms with Crippen molar-refractivity contribution in [1.82, 2.24) is 5.32 Å². The van der Waals surface area contributed by atoms with Crippen LogP contribution in [0, 0.1) is 12.3 Å². The van der Waals surface area contributed by atoms with E-state index in [4.69, 9.17) is 6.42 Å². The van der Waals surface area contributed by atoms with Gasteiger partial charge in [-0.1, -0.05) is 25.5 Å². The van der Waals surface area contributed by atoms with E-state index in [1.165, 1.54) is 17.7 Å². The molecular formula is C15H25N. The molecule has 0 amide bonds. The quantitative estimate of drug-likeness (QED) is 0.480. The highest BCUT2D eigenvalue weighted by Crippen LogP contribution is 2.18. The molecule has 0 aliphatic heterocycles. The Morgan fingerprint density at radius 3 is 2.56 bits per heavy atom. The number of hydrogen-bond donors (Lipinski definition) is 1. The second kappa shape index (κ2) is 10.4. The zero-order valence-corrected chi connectivity index (χ0v) is 11.0. The summed E-state index contributed by atoms with van der Waals surface area (Å²) in [5, 5.41) is 3.48. The summed E-state index contributed by atoms with van der Waals surface area (Å²) >= 11 is 0. The molecule has 0 unspecified atom stereocenters. The summed E-state index contributed by atoms with van der Waals surface area (Å²) in [7, 11) is 0. The molecule has 0 bridgehead atoms. The van der Waals surface area contributed by atoms with Gasteiger partial charge in [-0.15, -0.1) is 12.3 Å². The van der Waals surface area contributed by atoms with Gasteiger partial charge in [0.2, 0.25) is 0 Å². The molecule has 0 saturated carbocycles. The van der Waals surface area contributed by atoms with Gasteiger partial charge in [0.15, 0.2) is 0 Å². The van der Waals surface area contributed by atoms with E-state index in [9.17, 15) is 0 Å². The highest BCUT2D eigenvalue weighted by molar-refractivity contribution is 5.17. The fraction of sp³-hybridized carbons (Fsp3) is 0.600. The number of rotatable bonds is 8. The summed E-state index contributed by atoms with van der Waals surface area (Å²) < 4.78 is 0. The van der Waals surface area contributed by atoms with Crippen molar-refractivity contribution in [2.75, 3.05) is 6.54 Å². The minimum absolute atomic E-state index is 0.839. The van der Waals surface area contributed by atoms with E-state index >= 15 is 0 Å². The number of allylic oxidation sites excluding steroid dienone is 4. The molecule has 0 saturated heterocycles. The third-order valence-electron chi connectivity index (χ3n) is 2.49. The van der Waals surface area contributed by atoms with Crippen molar-refractivity contribution in [2.24, 2.45) is 0 Å². The molecule has 0 spiro atoms. The summed E-state index contributed by atoms with van der Waals surface area (Å²) in [6.45, 7) is 7.41. The highest BCUT2D eigenvalue weighted by atomic mass is 14.9. The van der Waals surface area contributed by atoms with Crippen molar-refractivity contribution in [3.8, 4) is 12.3 Å². The second-order valence-corrected chi connectivity index (χ2v) is 3.84. The molecule has 0 radical (unpaired) electrons. The van der Waals surface area contributed by atoms with Crippen LogP contribution in [0.5, 0.6) is 0 Å². The molecule has 0 aliphatic carbocycles. The van der Waals surface area contributed by atoms with Crippen LogP contribution in [-0.2, 0) is 0 Å². The predicted octanol–water partition coefficient (Wildman–Crippen LogP) is 4.03. The van der Waals surface area contributed by atoms with Crippen LogP contribution in [-0.4, -0.2) is 6.54 Å². The number of nitrogens with one attached hydrogen (secondary N) is 1. The number of terminal acetylenes is 1. The van der Waals surface area contributed by atoms with Crippen molar-refractivity contribution in [3.05, 3.63) is 23.4 Å². The molecule has 0 aliphatic rings. The molecule has 0 aromatic rings. The van der Waals surface area contributed by atoms with Crippen molar-refractivity contribution < 1.29 is 0 Å². The Bertz CT molecular complexity index is 258. The van der Waals surface area contributed by atoms with Crippen LogP contribution in [0.3, 0.4) is 0 Å². The minimum Gasteiger partial charge on any atom is -0.389 e. The van der Waals surface area contributed by atoms with Gasteiger partial charge in [-0.3, -0.25) is 0 Å². The minimum atomic E-state index is 0.839. The van der Waals surface area contributed by atoms with Gasteiger partial charge in [0, 0.05) is 18.7 Å². The Labute approximate surface area is 101 Å². The maximum absolute atomic E-state index is 5.34. The standard InChI is InChI=1S/C15H25N/c1-5-9-12-14(13-10-6-2)15(11-7-3)16-8-4/h1,6,10,16H,7-9,11-13H2,2-4H3/b10-6+,15-14-. The van der Waals surface area contributed by atoms with Crippen LogP contribution in [0.4, 0.5) is 0 Å². The lowest BCUT2D eigenvalue weighted by Gasteiger charge is -2.14. The van der Waals surface area contributed by atoms with Gasteiger partial charge in [-0.25, -0.2) is 0 Å². The fourth-order valence-electron chi connectivity index (χ4n) is 1.71. The molecule has 0 atom stereocenters. The normalized spacial score (nSPS) is 12.4. The van der Waals surface area contributed by atoms with Crippen LogP contribution in [0.1, 0.15) is 52.9 Å². The molecule has 1 nitrogen and oxygen atoms in total. The Morgan fingerprint density at radius 1 is 1.31 bits per heavy atom. The van der Waals surface area contributed by atoms with E-state index in [1.54, 1.807) is 0 Å². The molecule has 1 N–H and O–H groups in total. The van der Waals surface area contributed by atoms with E-state index in [-0.39, 0.29) is 0 Å². The largest absolute Gasteiger partial charge is 0.389 e. The SMILES string of the molecule is C#CCC/C(C/C=C/C)=C(\CCC)NCC. The van der Waals surface area contributed by atoms with Gasteiger partial charge in [0.1, 0.15) is 0 Å². The molecule has 90 valence electrons. The lowest BCUT2D eigenvalue weighted by molar-refractivity contribution is 0.726. The van der Waals surface area contributed by atoms with Crippen LogP contribution >= 0.6 is 0 Å². The zero-order valence-electron chi connectivity index (χ0n) is 11.0. The summed E-state index contributed by atoms with van der Waals surface area (Å²) in [5.41, 5.74) is 2.87. The summed E-state index contributed by atoms with van der Waals surface area (Å²) in [5.74, 6) is 2.73. The summed E-state index contributed by atoms with van der Waals surface area (Å²) in [4.78, 5) is 0. The van der Waals surface area contributed by atoms with Gasteiger partial charge in [0.25, 0.3) is 0 Å². The van der Waals surface area contributed by atoms with Crippen LogP contribution in [0.15, 0.2) is 23.4 Å². The van der Waals surface area contributed by atoms with Gasteiger partial charge in [0.05, 0.1) is 0 Å². The lowest BCUT2D eigenvalue weighted by atomic mass is 10.0. The first-order chi connectivity index (χ1) is 7.79. The van der Waals surface area contributed by atoms with E-state index in [0.717, 1.165) is 32.2 Å². The molecule has 0 rings (SSSR count). The third-order valence-corrected chi connectivity index (χ3v) is 2.49. The van der Waals surface area contributed by atoms with Crippen molar-refractivity contribution in [3.63, 3.8) is 0 Å². The maximum atomic E-state index is 5.34. The number of hydrogen-bond acceptors (Lipinski definition) is 1. The highest BCUT2D eigenvalue weighted by Gasteiger charge is 2.03. The maximum Gasteiger partial charge on any atom is 0.0124 e.